The minimum absolute atomic E-state index is 0.101. The van der Waals surface area contributed by atoms with Crippen molar-refractivity contribution in [3.05, 3.63) is 68.5 Å². The molecule has 0 spiro atoms. The molecular formula is C14H10BrClFNO3. The molecule has 0 saturated carbocycles. The van der Waals surface area contributed by atoms with Crippen molar-refractivity contribution < 1.29 is 14.1 Å². The highest BCUT2D eigenvalue weighted by Crippen LogP contribution is 2.27. The lowest BCUT2D eigenvalue weighted by molar-refractivity contribution is -0.385. The topological polar surface area (TPSA) is 52.4 Å². The van der Waals surface area contributed by atoms with Crippen molar-refractivity contribution in [2.45, 2.75) is 11.9 Å². The van der Waals surface area contributed by atoms with Crippen LogP contribution in [0.25, 0.3) is 0 Å². The van der Waals surface area contributed by atoms with Crippen molar-refractivity contribution in [2.75, 3.05) is 0 Å². The first-order valence-electron chi connectivity index (χ1n) is 5.91. The normalized spacial score (nSPS) is 10.4. The summed E-state index contributed by atoms with van der Waals surface area (Å²) >= 11 is 9.20. The lowest BCUT2D eigenvalue weighted by atomic mass is 10.2. The molecule has 0 aliphatic heterocycles. The van der Waals surface area contributed by atoms with E-state index in [4.69, 9.17) is 16.3 Å². The predicted molar refractivity (Wildman–Crippen MR) is 81.5 cm³/mol. The number of benzene rings is 2. The minimum Gasteiger partial charge on any atom is -0.488 e. The van der Waals surface area contributed by atoms with Crippen LogP contribution in [0.5, 0.6) is 5.75 Å². The molecule has 0 N–H and O–H groups in total. The van der Waals surface area contributed by atoms with Crippen LogP contribution in [0.1, 0.15) is 11.1 Å². The van der Waals surface area contributed by atoms with Gasteiger partial charge in [0.05, 0.1) is 10.5 Å². The lowest BCUT2D eigenvalue weighted by Crippen LogP contribution is -2.02. The predicted octanol–water partition coefficient (Wildman–Crippen LogP) is 4.86. The van der Waals surface area contributed by atoms with E-state index in [0.717, 1.165) is 23.8 Å². The van der Waals surface area contributed by atoms with Crippen LogP contribution in [0.4, 0.5) is 10.1 Å². The average molecular weight is 375 g/mol. The molecule has 2 aromatic carbocycles. The quantitative estimate of drug-likeness (QED) is 0.426. The zero-order valence-electron chi connectivity index (χ0n) is 10.7. The van der Waals surface area contributed by atoms with Gasteiger partial charge in [0.25, 0.3) is 5.69 Å². The van der Waals surface area contributed by atoms with Crippen LogP contribution in [-0.4, -0.2) is 4.92 Å². The first kappa shape index (κ1) is 15.7. The van der Waals surface area contributed by atoms with Gasteiger partial charge in [-0.2, -0.15) is 0 Å². The second-order valence-electron chi connectivity index (χ2n) is 4.20. The van der Waals surface area contributed by atoms with E-state index in [1.165, 1.54) is 0 Å². The van der Waals surface area contributed by atoms with E-state index in [2.05, 4.69) is 15.9 Å². The van der Waals surface area contributed by atoms with E-state index in [0.29, 0.717) is 16.1 Å². The summed E-state index contributed by atoms with van der Waals surface area (Å²) in [6.07, 6.45) is 0. The molecule has 0 bridgehead atoms. The Morgan fingerprint density at radius 1 is 1.24 bits per heavy atom. The van der Waals surface area contributed by atoms with E-state index < -0.39 is 10.7 Å². The van der Waals surface area contributed by atoms with Gasteiger partial charge in [-0.1, -0.05) is 27.5 Å². The van der Waals surface area contributed by atoms with Crippen molar-refractivity contribution in [2.24, 2.45) is 0 Å². The number of nitrogens with zero attached hydrogens (tertiary/aromatic N) is 1. The number of alkyl halides is 1. The first-order chi connectivity index (χ1) is 10.0. The van der Waals surface area contributed by atoms with Gasteiger partial charge >= 0.3 is 0 Å². The van der Waals surface area contributed by atoms with Gasteiger partial charge in [0.2, 0.25) is 0 Å². The molecule has 0 saturated heterocycles. The summed E-state index contributed by atoms with van der Waals surface area (Å²) in [6.45, 7) is -0.101. The molecule has 4 nitrogen and oxygen atoms in total. The summed E-state index contributed by atoms with van der Waals surface area (Å²) < 4.78 is 18.8. The highest BCUT2D eigenvalue weighted by molar-refractivity contribution is 9.08. The molecule has 0 atom stereocenters. The molecule has 110 valence electrons. The van der Waals surface area contributed by atoms with Crippen LogP contribution < -0.4 is 4.74 Å². The van der Waals surface area contributed by atoms with Crippen molar-refractivity contribution in [3.8, 4) is 5.75 Å². The van der Waals surface area contributed by atoms with Crippen LogP contribution in [0, 0.1) is 15.9 Å². The number of nitro groups is 1. The monoisotopic (exact) mass is 373 g/mol. The summed E-state index contributed by atoms with van der Waals surface area (Å²) in [5.74, 6) is -0.00847. The smallest absolute Gasteiger partial charge is 0.276 e. The third-order valence-electron chi connectivity index (χ3n) is 2.79. The van der Waals surface area contributed by atoms with Gasteiger partial charge in [0, 0.05) is 22.0 Å². The van der Waals surface area contributed by atoms with Crippen LogP contribution in [-0.2, 0) is 11.9 Å². The number of hydrogen-bond donors (Lipinski definition) is 0. The van der Waals surface area contributed by atoms with Crippen molar-refractivity contribution in [3.63, 3.8) is 0 Å². The standard InChI is InChI=1S/C14H10BrClFNO3/c15-7-9-5-11(16)1-4-14(9)21-8-10-6-12(17)2-3-13(10)18(19)20/h1-6H,7-8H2. The Bertz CT molecular complexity index is 681. The van der Waals surface area contributed by atoms with Crippen LogP contribution in [0.2, 0.25) is 5.02 Å². The number of hydrogen-bond acceptors (Lipinski definition) is 3. The first-order valence-corrected chi connectivity index (χ1v) is 7.41. The molecule has 0 amide bonds. The maximum atomic E-state index is 13.2. The summed E-state index contributed by atoms with van der Waals surface area (Å²) in [5.41, 5.74) is 0.808. The number of rotatable bonds is 5. The van der Waals surface area contributed by atoms with Crippen LogP contribution >= 0.6 is 27.5 Å². The molecule has 0 aliphatic carbocycles. The van der Waals surface area contributed by atoms with E-state index in [1.54, 1.807) is 18.2 Å². The van der Waals surface area contributed by atoms with Gasteiger partial charge in [-0.25, -0.2) is 4.39 Å². The van der Waals surface area contributed by atoms with E-state index in [1.807, 2.05) is 0 Å². The largest absolute Gasteiger partial charge is 0.488 e. The molecule has 0 unspecified atom stereocenters. The molecule has 0 heterocycles. The SMILES string of the molecule is O=[N+]([O-])c1ccc(F)cc1COc1ccc(Cl)cc1CBr. The summed E-state index contributed by atoms with van der Waals surface area (Å²) in [6, 6.07) is 8.33. The Morgan fingerprint density at radius 2 is 2.00 bits per heavy atom. The van der Waals surface area contributed by atoms with Gasteiger partial charge in [-0.3, -0.25) is 10.1 Å². The highest BCUT2D eigenvalue weighted by Gasteiger charge is 2.15. The average Bonchev–Trinajstić information content (AvgIpc) is 2.45. The van der Waals surface area contributed by atoms with Gasteiger partial charge in [-0.15, -0.1) is 0 Å². The summed E-state index contributed by atoms with van der Waals surface area (Å²) in [7, 11) is 0. The van der Waals surface area contributed by atoms with E-state index in [-0.39, 0.29) is 17.9 Å². The van der Waals surface area contributed by atoms with E-state index in [9.17, 15) is 14.5 Å². The van der Waals surface area contributed by atoms with Crippen molar-refractivity contribution >= 4 is 33.2 Å². The van der Waals surface area contributed by atoms with Crippen molar-refractivity contribution in [1.29, 1.82) is 0 Å². The Morgan fingerprint density at radius 3 is 2.67 bits per heavy atom. The Balaban J connectivity index is 2.24. The van der Waals surface area contributed by atoms with Gasteiger partial charge < -0.3 is 4.74 Å². The lowest BCUT2D eigenvalue weighted by Gasteiger charge is -2.10. The second kappa shape index (κ2) is 6.87. The third kappa shape index (κ3) is 3.92. The molecule has 0 aromatic heterocycles. The number of halogens is 3. The van der Waals surface area contributed by atoms with E-state index >= 15 is 0 Å². The zero-order chi connectivity index (χ0) is 15.4. The fourth-order valence-electron chi connectivity index (χ4n) is 1.80. The molecule has 7 heteroatoms. The Kier molecular flexibility index (Phi) is 5.14. The maximum Gasteiger partial charge on any atom is 0.276 e. The Labute approximate surface area is 133 Å². The molecular weight excluding hydrogens is 365 g/mol. The van der Waals surface area contributed by atoms with Gasteiger partial charge in [0.1, 0.15) is 18.2 Å². The molecule has 0 fully saturated rings. The molecule has 2 aromatic rings. The maximum absolute atomic E-state index is 13.2. The number of ether oxygens (including phenoxy) is 1. The second-order valence-corrected chi connectivity index (χ2v) is 5.20. The van der Waals surface area contributed by atoms with Crippen LogP contribution in [0.15, 0.2) is 36.4 Å². The molecule has 21 heavy (non-hydrogen) atoms. The fourth-order valence-corrected chi connectivity index (χ4v) is 2.43. The zero-order valence-corrected chi connectivity index (χ0v) is 13.0. The molecule has 2 rings (SSSR count). The van der Waals surface area contributed by atoms with Gasteiger partial charge in [0.15, 0.2) is 0 Å². The molecule has 0 radical (unpaired) electrons. The number of nitro benzene ring substituents is 1. The third-order valence-corrected chi connectivity index (χ3v) is 3.63. The highest BCUT2D eigenvalue weighted by atomic mass is 79.9. The summed E-state index contributed by atoms with van der Waals surface area (Å²) in [5, 5.41) is 12.0. The van der Waals surface area contributed by atoms with Crippen molar-refractivity contribution in [1.82, 2.24) is 0 Å². The summed E-state index contributed by atoms with van der Waals surface area (Å²) in [4.78, 5) is 10.4. The van der Waals surface area contributed by atoms with Crippen LogP contribution in [0.3, 0.4) is 0 Å². The van der Waals surface area contributed by atoms with Gasteiger partial charge in [-0.05, 0) is 30.3 Å². The minimum atomic E-state index is -0.564. The fraction of sp³-hybridized carbons (Fsp3) is 0.143. The molecule has 0 aliphatic rings. The Hall–Kier alpha value is -1.66.